The fourth-order valence-electron chi connectivity index (χ4n) is 2.49. The van der Waals surface area contributed by atoms with E-state index in [9.17, 15) is 13.6 Å². The first-order chi connectivity index (χ1) is 10.1. The lowest BCUT2D eigenvalue weighted by Crippen LogP contribution is -2.40. The Morgan fingerprint density at radius 2 is 2.10 bits per heavy atom. The van der Waals surface area contributed by atoms with Crippen molar-refractivity contribution in [3.63, 3.8) is 0 Å². The zero-order chi connectivity index (χ0) is 15.2. The molecule has 2 rings (SSSR count). The Labute approximate surface area is 122 Å². The Balaban J connectivity index is 2.07. The maximum Gasteiger partial charge on any atom is 0.223 e. The first-order valence-electron chi connectivity index (χ1n) is 7.06. The standard InChI is InChI=1S/C15H20F2N2O2/c1-21-9-14(11-2-3-12(16)13(17)8-11)19-15(20)10-4-6-18-7-5-10/h2-3,8,10,14,18H,4-7,9H2,1H3,(H,19,20). The average molecular weight is 298 g/mol. The summed E-state index contributed by atoms with van der Waals surface area (Å²) in [7, 11) is 1.50. The number of benzene rings is 1. The molecule has 1 aliphatic heterocycles. The number of hydrogen-bond donors (Lipinski definition) is 2. The quantitative estimate of drug-likeness (QED) is 0.871. The van der Waals surface area contributed by atoms with E-state index < -0.39 is 17.7 Å². The van der Waals surface area contributed by atoms with E-state index in [4.69, 9.17) is 4.74 Å². The zero-order valence-corrected chi connectivity index (χ0v) is 12.0. The largest absolute Gasteiger partial charge is 0.382 e. The average Bonchev–Trinajstić information content (AvgIpc) is 2.50. The van der Waals surface area contributed by atoms with Crippen molar-refractivity contribution in [2.45, 2.75) is 18.9 Å². The highest BCUT2D eigenvalue weighted by molar-refractivity contribution is 5.79. The number of halogens is 2. The SMILES string of the molecule is COCC(NC(=O)C1CCNCC1)c1ccc(F)c(F)c1. The van der Waals surface area contributed by atoms with Gasteiger partial charge in [-0.2, -0.15) is 0 Å². The molecular weight excluding hydrogens is 278 g/mol. The number of hydrogen-bond acceptors (Lipinski definition) is 3. The van der Waals surface area contributed by atoms with E-state index in [0.29, 0.717) is 5.56 Å². The number of nitrogens with one attached hydrogen (secondary N) is 2. The molecule has 21 heavy (non-hydrogen) atoms. The second-order valence-corrected chi connectivity index (χ2v) is 5.21. The molecule has 0 aliphatic carbocycles. The Bertz CT molecular complexity index is 491. The highest BCUT2D eigenvalue weighted by atomic mass is 19.2. The molecule has 0 aromatic heterocycles. The van der Waals surface area contributed by atoms with Crippen molar-refractivity contribution in [2.75, 3.05) is 26.8 Å². The number of piperidine rings is 1. The minimum absolute atomic E-state index is 0.0455. The van der Waals surface area contributed by atoms with Crippen LogP contribution in [-0.4, -0.2) is 32.7 Å². The smallest absolute Gasteiger partial charge is 0.223 e. The molecule has 1 unspecified atom stereocenters. The Kier molecular flexibility index (Phi) is 5.64. The molecule has 0 spiro atoms. The van der Waals surface area contributed by atoms with Gasteiger partial charge in [0.05, 0.1) is 12.6 Å². The molecule has 0 saturated carbocycles. The fraction of sp³-hybridized carbons (Fsp3) is 0.533. The molecular formula is C15H20F2N2O2. The van der Waals surface area contributed by atoms with Crippen LogP contribution in [0, 0.1) is 17.6 Å². The van der Waals surface area contributed by atoms with Crippen molar-refractivity contribution in [2.24, 2.45) is 5.92 Å². The van der Waals surface area contributed by atoms with Crippen LogP contribution in [0.2, 0.25) is 0 Å². The third kappa shape index (κ3) is 4.22. The van der Waals surface area contributed by atoms with E-state index in [2.05, 4.69) is 10.6 Å². The minimum atomic E-state index is -0.926. The van der Waals surface area contributed by atoms with E-state index in [-0.39, 0.29) is 18.4 Å². The van der Waals surface area contributed by atoms with E-state index in [1.165, 1.54) is 13.2 Å². The summed E-state index contributed by atoms with van der Waals surface area (Å²) in [4.78, 5) is 12.2. The zero-order valence-electron chi connectivity index (χ0n) is 12.0. The summed E-state index contributed by atoms with van der Waals surface area (Å²) in [6.07, 6.45) is 1.56. The van der Waals surface area contributed by atoms with Gasteiger partial charge in [-0.1, -0.05) is 6.07 Å². The Morgan fingerprint density at radius 3 is 2.71 bits per heavy atom. The predicted molar refractivity (Wildman–Crippen MR) is 74.7 cm³/mol. The minimum Gasteiger partial charge on any atom is -0.382 e. The Morgan fingerprint density at radius 1 is 1.38 bits per heavy atom. The van der Waals surface area contributed by atoms with Crippen LogP contribution in [-0.2, 0) is 9.53 Å². The van der Waals surface area contributed by atoms with Gasteiger partial charge in [0, 0.05) is 13.0 Å². The molecule has 1 fully saturated rings. The molecule has 1 aromatic rings. The lowest BCUT2D eigenvalue weighted by atomic mass is 9.96. The maximum atomic E-state index is 13.3. The van der Waals surface area contributed by atoms with Gasteiger partial charge in [0.15, 0.2) is 11.6 Å². The predicted octanol–water partition coefficient (Wildman–Crippen LogP) is 1.77. The van der Waals surface area contributed by atoms with Crippen LogP contribution in [0.25, 0.3) is 0 Å². The van der Waals surface area contributed by atoms with E-state index >= 15 is 0 Å². The molecule has 0 bridgehead atoms. The summed E-state index contributed by atoms with van der Waals surface area (Å²) < 4.78 is 31.4. The molecule has 4 nitrogen and oxygen atoms in total. The van der Waals surface area contributed by atoms with Crippen molar-refractivity contribution in [3.8, 4) is 0 Å². The van der Waals surface area contributed by atoms with Crippen molar-refractivity contribution in [3.05, 3.63) is 35.4 Å². The van der Waals surface area contributed by atoms with Gasteiger partial charge in [-0.3, -0.25) is 4.79 Å². The van der Waals surface area contributed by atoms with Crippen molar-refractivity contribution in [1.82, 2.24) is 10.6 Å². The number of ether oxygens (including phenoxy) is 1. The summed E-state index contributed by atoms with van der Waals surface area (Å²) in [5, 5.41) is 6.07. The lowest BCUT2D eigenvalue weighted by molar-refractivity contribution is -0.126. The third-order valence-corrected chi connectivity index (χ3v) is 3.71. The maximum absolute atomic E-state index is 13.3. The van der Waals surface area contributed by atoms with Crippen molar-refractivity contribution >= 4 is 5.91 Å². The van der Waals surface area contributed by atoms with Crippen LogP contribution >= 0.6 is 0 Å². The topological polar surface area (TPSA) is 50.4 Å². The molecule has 1 aliphatic rings. The van der Waals surface area contributed by atoms with Gasteiger partial charge in [0.1, 0.15) is 0 Å². The van der Waals surface area contributed by atoms with Crippen LogP contribution < -0.4 is 10.6 Å². The molecule has 1 aromatic carbocycles. The monoisotopic (exact) mass is 298 g/mol. The summed E-state index contributed by atoms with van der Waals surface area (Å²) in [5.74, 6) is -1.94. The lowest BCUT2D eigenvalue weighted by Gasteiger charge is -2.25. The van der Waals surface area contributed by atoms with Crippen LogP contribution in [0.4, 0.5) is 8.78 Å². The number of carbonyl (C=O) groups excluding carboxylic acids is 1. The van der Waals surface area contributed by atoms with Crippen molar-refractivity contribution < 1.29 is 18.3 Å². The molecule has 0 radical (unpaired) electrons. The van der Waals surface area contributed by atoms with Gasteiger partial charge < -0.3 is 15.4 Å². The van der Waals surface area contributed by atoms with E-state index in [1.807, 2.05) is 0 Å². The number of carbonyl (C=O) groups is 1. The first-order valence-corrected chi connectivity index (χ1v) is 7.06. The summed E-state index contributed by atoms with van der Waals surface area (Å²) in [6.45, 7) is 1.85. The first kappa shape index (κ1) is 15.9. The van der Waals surface area contributed by atoms with Crippen LogP contribution in [0.1, 0.15) is 24.4 Å². The molecule has 2 N–H and O–H groups in total. The fourth-order valence-corrected chi connectivity index (χ4v) is 2.49. The van der Waals surface area contributed by atoms with Gasteiger partial charge in [0.25, 0.3) is 0 Å². The number of amides is 1. The molecule has 1 heterocycles. The number of rotatable bonds is 5. The molecule has 116 valence electrons. The highest BCUT2D eigenvalue weighted by Gasteiger charge is 2.24. The highest BCUT2D eigenvalue weighted by Crippen LogP contribution is 2.19. The van der Waals surface area contributed by atoms with E-state index in [0.717, 1.165) is 38.1 Å². The summed E-state index contributed by atoms with van der Waals surface area (Å²) in [5.41, 5.74) is 0.498. The molecule has 1 atom stereocenters. The second-order valence-electron chi connectivity index (χ2n) is 5.21. The van der Waals surface area contributed by atoms with Gasteiger partial charge in [-0.15, -0.1) is 0 Å². The normalized spacial score (nSPS) is 17.5. The summed E-state index contributed by atoms with van der Waals surface area (Å²) in [6, 6.07) is 3.14. The van der Waals surface area contributed by atoms with Crippen LogP contribution in [0.15, 0.2) is 18.2 Å². The van der Waals surface area contributed by atoms with Gasteiger partial charge in [-0.25, -0.2) is 8.78 Å². The molecule has 1 saturated heterocycles. The summed E-state index contributed by atoms with van der Waals surface area (Å²) >= 11 is 0. The molecule has 1 amide bonds. The van der Waals surface area contributed by atoms with Crippen LogP contribution in [0.5, 0.6) is 0 Å². The second kappa shape index (κ2) is 7.47. The van der Waals surface area contributed by atoms with Gasteiger partial charge in [-0.05, 0) is 43.6 Å². The van der Waals surface area contributed by atoms with Crippen LogP contribution in [0.3, 0.4) is 0 Å². The molecule has 6 heteroatoms. The van der Waals surface area contributed by atoms with Gasteiger partial charge in [0.2, 0.25) is 5.91 Å². The third-order valence-electron chi connectivity index (χ3n) is 3.71. The Hall–Kier alpha value is -1.53. The number of methoxy groups -OCH3 is 1. The van der Waals surface area contributed by atoms with Gasteiger partial charge >= 0.3 is 0 Å². The van der Waals surface area contributed by atoms with Crippen molar-refractivity contribution in [1.29, 1.82) is 0 Å². The van der Waals surface area contributed by atoms with E-state index in [1.54, 1.807) is 0 Å².